The van der Waals surface area contributed by atoms with Crippen LogP contribution in [0.25, 0.3) is 10.9 Å². The molecule has 13 heteroatoms. The molecule has 4 heterocycles. The van der Waals surface area contributed by atoms with Crippen molar-refractivity contribution in [1.82, 2.24) is 30.8 Å². The van der Waals surface area contributed by atoms with Gasteiger partial charge in [0.1, 0.15) is 29.4 Å². The predicted octanol–water partition coefficient (Wildman–Crippen LogP) is 7.17. The van der Waals surface area contributed by atoms with Gasteiger partial charge in [-0.2, -0.15) is 5.26 Å². The third-order valence-corrected chi connectivity index (χ3v) is 8.90. The van der Waals surface area contributed by atoms with Gasteiger partial charge in [-0.1, -0.05) is 23.2 Å². The molecule has 1 atom stereocenters. The van der Waals surface area contributed by atoms with E-state index in [-0.39, 0.29) is 16.1 Å². The van der Waals surface area contributed by atoms with Crippen molar-refractivity contribution in [1.29, 1.82) is 5.26 Å². The fourth-order valence-corrected chi connectivity index (χ4v) is 6.28. The van der Waals surface area contributed by atoms with E-state index in [1.807, 2.05) is 13.0 Å². The van der Waals surface area contributed by atoms with Crippen LogP contribution in [0.15, 0.2) is 59.2 Å². The Hall–Kier alpha value is -4.08. The lowest BCUT2D eigenvalue weighted by molar-refractivity contribution is 0.0570. The minimum Gasteiger partial charge on any atom is -0.448 e. The summed E-state index contributed by atoms with van der Waals surface area (Å²) in [5, 5.41) is 19.8. The number of aryl methyl sites for hydroxylation is 1. The quantitative estimate of drug-likeness (QED) is 0.164. The minimum absolute atomic E-state index is 0.0390. The van der Waals surface area contributed by atoms with Gasteiger partial charge in [-0.05, 0) is 70.9 Å². The molecule has 234 valence electrons. The average molecular weight is 651 g/mol. The van der Waals surface area contributed by atoms with Crippen molar-refractivity contribution in [3.63, 3.8) is 0 Å². The Morgan fingerprint density at radius 1 is 1.11 bits per heavy atom. The highest BCUT2D eigenvalue weighted by molar-refractivity contribution is 6.36. The largest absolute Gasteiger partial charge is 0.448 e. The van der Waals surface area contributed by atoms with E-state index >= 15 is 0 Å². The summed E-state index contributed by atoms with van der Waals surface area (Å²) in [6.45, 7) is 10.7. The molecule has 4 N–H and O–H groups in total. The highest BCUT2D eigenvalue weighted by Crippen LogP contribution is 2.38. The van der Waals surface area contributed by atoms with Gasteiger partial charge in [0.15, 0.2) is 6.39 Å². The molecular weight excluding hydrogens is 616 g/mol. The summed E-state index contributed by atoms with van der Waals surface area (Å²) in [5.41, 5.74) is 10.8. The zero-order chi connectivity index (χ0) is 31.9. The lowest BCUT2D eigenvalue weighted by atomic mass is 9.98. The number of pyridine rings is 1. The van der Waals surface area contributed by atoms with Gasteiger partial charge in [-0.25, -0.2) is 9.37 Å². The van der Waals surface area contributed by atoms with E-state index in [2.05, 4.69) is 74.5 Å². The fourth-order valence-electron chi connectivity index (χ4n) is 5.83. The summed E-state index contributed by atoms with van der Waals surface area (Å²) < 4.78 is 19.4. The fraction of sp³-hybridized carbons (Fsp3) is 0.344. The molecule has 0 radical (unpaired) electrons. The SMILES string of the molecule is Cc1ocnc1[C@H](Nc1cc(Cl)c2ncc(C#N)c(Nc3ccc(F)c(Cl)c3)c2c1)C1=CN(C2CCN(C(C)(C)C)CC2)NN1. The Kier molecular flexibility index (Phi) is 8.50. The number of aromatic nitrogens is 2. The van der Waals surface area contributed by atoms with E-state index in [1.54, 1.807) is 12.1 Å². The monoisotopic (exact) mass is 649 g/mol. The lowest BCUT2D eigenvalue weighted by Gasteiger charge is -2.42. The van der Waals surface area contributed by atoms with Gasteiger partial charge in [0, 0.05) is 53.8 Å². The smallest absolute Gasteiger partial charge is 0.181 e. The van der Waals surface area contributed by atoms with Crippen molar-refractivity contribution in [2.75, 3.05) is 23.7 Å². The number of hydrogen-bond acceptors (Lipinski definition) is 10. The number of rotatable bonds is 7. The van der Waals surface area contributed by atoms with Crippen molar-refractivity contribution < 1.29 is 8.81 Å². The van der Waals surface area contributed by atoms with Crippen LogP contribution in [-0.4, -0.2) is 44.5 Å². The van der Waals surface area contributed by atoms with Crippen LogP contribution in [0.3, 0.4) is 0 Å². The number of nitriles is 1. The van der Waals surface area contributed by atoms with Crippen molar-refractivity contribution in [2.24, 2.45) is 0 Å². The topological polar surface area (TPSA) is 117 Å². The molecule has 0 saturated carbocycles. The molecule has 0 spiro atoms. The summed E-state index contributed by atoms with van der Waals surface area (Å²) in [6.07, 6.45) is 7.01. The molecule has 1 saturated heterocycles. The maximum atomic E-state index is 13.8. The van der Waals surface area contributed by atoms with Crippen molar-refractivity contribution >= 4 is 51.2 Å². The molecule has 4 aromatic rings. The van der Waals surface area contributed by atoms with Gasteiger partial charge in [0.2, 0.25) is 0 Å². The number of benzene rings is 2. The van der Waals surface area contributed by atoms with Crippen LogP contribution in [-0.2, 0) is 0 Å². The van der Waals surface area contributed by atoms with Crippen LogP contribution >= 0.6 is 23.2 Å². The number of nitrogens with zero attached hydrogens (tertiary/aromatic N) is 5. The first-order valence-corrected chi connectivity index (χ1v) is 15.4. The van der Waals surface area contributed by atoms with Crippen molar-refractivity contribution in [2.45, 2.75) is 58.2 Å². The number of hydrazine groups is 2. The molecule has 0 bridgehead atoms. The van der Waals surface area contributed by atoms with Crippen LogP contribution in [0.5, 0.6) is 0 Å². The third kappa shape index (κ3) is 6.37. The van der Waals surface area contributed by atoms with E-state index < -0.39 is 11.9 Å². The van der Waals surface area contributed by atoms with E-state index in [9.17, 15) is 9.65 Å². The molecule has 2 aromatic heterocycles. The molecule has 2 aromatic carbocycles. The number of piperidine rings is 1. The first kappa shape index (κ1) is 30.9. The standard InChI is InChI=1S/C32H34Cl2FN9O/c1-18-28(38-17-45-18)31(27-16-44(42-41-27)22-7-9-43(10-8-22)32(2,3)4)40-21-11-23-29(39-20-5-6-26(35)24(33)12-20)19(14-36)15-37-30(23)25(34)13-21/h5-6,11-13,15-17,22,31,40-42H,7-10H2,1-4H3,(H,37,39)/t31-/m1/s1. The lowest BCUT2D eigenvalue weighted by Crippen LogP contribution is -2.52. The van der Waals surface area contributed by atoms with Gasteiger partial charge in [0.25, 0.3) is 0 Å². The summed E-state index contributed by atoms with van der Waals surface area (Å²) in [4.78, 5) is 11.5. The van der Waals surface area contributed by atoms with Crippen LogP contribution in [0.2, 0.25) is 10.0 Å². The Morgan fingerprint density at radius 3 is 2.53 bits per heavy atom. The van der Waals surface area contributed by atoms with E-state index in [0.717, 1.165) is 31.6 Å². The predicted molar refractivity (Wildman–Crippen MR) is 174 cm³/mol. The van der Waals surface area contributed by atoms with Gasteiger partial charge < -0.3 is 20.5 Å². The second-order valence-corrected chi connectivity index (χ2v) is 13.1. The molecule has 0 amide bonds. The highest BCUT2D eigenvalue weighted by Gasteiger charge is 2.33. The second kappa shape index (κ2) is 12.4. The molecular formula is C32H34Cl2FN9O. The number of fused-ring (bicyclic) bond motifs is 1. The highest BCUT2D eigenvalue weighted by atomic mass is 35.5. The molecule has 1 fully saturated rings. The van der Waals surface area contributed by atoms with Crippen LogP contribution < -0.4 is 21.6 Å². The average Bonchev–Trinajstić information content (AvgIpc) is 3.67. The third-order valence-electron chi connectivity index (χ3n) is 8.33. The number of nitrogens with one attached hydrogen (secondary N) is 4. The van der Waals surface area contributed by atoms with Gasteiger partial charge in [-0.15, -0.1) is 5.53 Å². The molecule has 0 aliphatic carbocycles. The summed E-state index contributed by atoms with van der Waals surface area (Å²) in [6, 6.07) is 10.0. The number of oxazole rings is 1. The summed E-state index contributed by atoms with van der Waals surface area (Å²) >= 11 is 12.8. The van der Waals surface area contributed by atoms with Crippen molar-refractivity contribution in [3.05, 3.63) is 87.7 Å². The maximum Gasteiger partial charge on any atom is 0.181 e. The molecule has 2 aliphatic heterocycles. The van der Waals surface area contributed by atoms with E-state index in [4.69, 9.17) is 27.6 Å². The Bertz CT molecular complexity index is 1800. The summed E-state index contributed by atoms with van der Waals surface area (Å²) in [7, 11) is 0. The van der Waals surface area contributed by atoms with E-state index in [0.29, 0.717) is 50.5 Å². The minimum atomic E-state index is -0.538. The first-order valence-electron chi connectivity index (χ1n) is 14.7. The molecule has 6 rings (SSSR count). The number of hydrogen-bond donors (Lipinski definition) is 4. The summed E-state index contributed by atoms with van der Waals surface area (Å²) in [5.74, 6) is 0.132. The number of halogens is 3. The Balaban J connectivity index is 1.33. The molecule has 10 nitrogen and oxygen atoms in total. The van der Waals surface area contributed by atoms with Gasteiger partial charge in [0.05, 0.1) is 32.5 Å². The zero-order valence-corrected chi connectivity index (χ0v) is 26.9. The molecule has 45 heavy (non-hydrogen) atoms. The number of anilines is 3. The molecule has 2 aliphatic rings. The van der Waals surface area contributed by atoms with E-state index in [1.165, 1.54) is 24.7 Å². The van der Waals surface area contributed by atoms with Crippen LogP contribution in [0.1, 0.15) is 56.7 Å². The van der Waals surface area contributed by atoms with Gasteiger partial charge >= 0.3 is 0 Å². The molecule has 0 unspecified atom stereocenters. The van der Waals surface area contributed by atoms with Gasteiger partial charge in [-0.3, -0.25) is 14.9 Å². The van der Waals surface area contributed by atoms with Crippen molar-refractivity contribution in [3.8, 4) is 6.07 Å². The number of likely N-dealkylation sites (tertiary alicyclic amines) is 1. The first-order chi connectivity index (χ1) is 21.5. The Labute approximate surface area is 271 Å². The normalized spacial score (nSPS) is 16.8. The Morgan fingerprint density at radius 2 is 1.87 bits per heavy atom. The zero-order valence-electron chi connectivity index (χ0n) is 25.4. The maximum absolute atomic E-state index is 13.8. The van der Waals surface area contributed by atoms with Crippen LogP contribution in [0.4, 0.5) is 21.5 Å². The van der Waals surface area contributed by atoms with Crippen LogP contribution in [0, 0.1) is 24.1 Å². The second-order valence-electron chi connectivity index (χ2n) is 12.3.